The van der Waals surface area contributed by atoms with Crippen LogP contribution in [0, 0.1) is 0 Å². The van der Waals surface area contributed by atoms with Crippen molar-refractivity contribution in [3.8, 4) is 0 Å². The summed E-state index contributed by atoms with van der Waals surface area (Å²) in [7, 11) is 0. The zero-order valence-electron chi connectivity index (χ0n) is 58.7. The maximum Gasteiger partial charge on any atom is 0.220 e. The van der Waals surface area contributed by atoms with Gasteiger partial charge in [-0.3, -0.25) is 4.79 Å². The second-order valence-corrected chi connectivity index (χ2v) is 26.4. The van der Waals surface area contributed by atoms with E-state index in [1.54, 1.807) is 6.08 Å². The van der Waals surface area contributed by atoms with Crippen LogP contribution in [0.3, 0.4) is 0 Å². The van der Waals surface area contributed by atoms with E-state index < -0.39 is 86.8 Å². The number of ether oxygens (including phenoxy) is 4. The molecule has 0 bridgehead atoms. The number of carbonyl (C=O) groups is 1. The monoisotopic (exact) mass is 1310 g/mol. The Kier molecular flexibility index (Phi) is 57.7. The molecule has 12 unspecified atom stereocenters. The van der Waals surface area contributed by atoms with E-state index in [-0.39, 0.29) is 18.9 Å². The molecular formula is C79H139NO13. The SMILES string of the molecule is CC/C=C\C/C=C\C/C=C\C/C=C\C/C=C\C/C=C\CCCCCCCCCCCCCCC(=O)NC(COC1OC(CO)C(OC2OC(CO)C(O)C(O)C2O)C(O)C1O)C(O)/C=C/CC/C=C/CCCCCCCCCCCCCCCCCCCCCCCC. The second kappa shape index (κ2) is 62.4. The van der Waals surface area contributed by atoms with Crippen LogP contribution in [0.1, 0.15) is 303 Å². The Hall–Kier alpha value is -3.09. The highest BCUT2D eigenvalue weighted by molar-refractivity contribution is 5.76. The number of rotatable bonds is 62. The third-order valence-electron chi connectivity index (χ3n) is 18.0. The van der Waals surface area contributed by atoms with Crippen molar-refractivity contribution in [2.75, 3.05) is 19.8 Å². The van der Waals surface area contributed by atoms with Crippen molar-refractivity contribution in [2.45, 2.75) is 376 Å². The quantitative estimate of drug-likeness (QED) is 0.0204. The summed E-state index contributed by atoms with van der Waals surface area (Å²) in [6.45, 7) is 2.70. The number of allylic oxidation sites excluding steroid dienone is 15. The number of amides is 1. The maximum atomic E-state index is 13.4. The lowest BCUT2D eigenvalue weighted by Crippen LogP contribution is -2.65. The highest BCUT2D eigenvalue weighted by Crippen LogP contribution is 2.30. The van der Waals surface area contributed by atoms with Crippen molar-refractivity contribution >= 4 is 5.91 Å². The number of aliphatic hydroxyl groups is 8. The van der Waals surface area contributed by atoms with Gasteiger partial charge in [-0.05, 0) is 83.5 Å². The Labute approximate surface area is 566 Å². The van der Waals surface area contributed by atoms with Gasteiger partial charge < -0.3 is 65.1 Å². The second-order valence-electron chi connectivity index (χ2n) is 26.4. The van der Waals surface area contributed by atoms with Crippen molar-refractivity contribution in [1.82, 2.24) is 5.32 Å². The van der Waals surface area contributed by atoms with E-state index in [4.69, 9.17) is 18.9 Å². The highest BCUT2D eigenvalue weighted by atomic mass is 16.7. The molecule has 0 aromatic carbocycles. The van der Waals surface area contributed by atoms with Crippen molar-refractivity contribution in [3.05, 3.63) is 97.2 Å². The molecule has 2 heterocycles. The lowest BCUT2D eigenvalue weighted by Gasteiger charge is -2.46. The molecule has 2 fully saturated rings. The summed E-state index contributed by atoms with van der Waals surface area (Å²) in [5, 5.41) is 87.6. The third kappa shape index (κ3) is 45.9. The molecule has 2 saturated heterocycles. The summed E-state index contributed by atoms with van der Waals surface area (Å²) in [5.74, 6) is -0.252. The van der Waals surface area contributed by atoms with E-state index in [1.165, 1.54) is 193 Å². The molecule has 2 aliphatic rings. The summed E-state index contributed by atoms with van der Waals surface area (Å²) in [6, 6.07) is -0.940. The topological polar surface area (TPSA) is 228 Å². The molecule has 2 aliphatic heterocycles. The van der Waals surface area contributed by atoms with Gasteiger partial charge in [0, 0.05) is 6.42 Å². The summed E-state index contributed by atoms with van der Waals surface area (Å²) < 4.78 is 22.9. The molecule has 14 nitrogen and oxygen atoms in total. The molecule has 2 rings (SSSR count). The molecule has 0 aromatic heterocycles. The zero-order chi connectivity index (χ0) is 67.3. The molecule has 538 valence electrons. The first-order chi connectivity index (χ1) is 45.6. The summed E-state index contributed by atoms with van der Waals surface area (Å²) in [6.07, 6.45) is 71.8. The van der Waals surface area contributed by atoms with E-state index in [1.807, 2.05) is 6.08 Å². The summed E-state index contributed by atoms with van der Waals surface area (Å²) >= 11 is 0. The molecule has 0 saturated carbocycles. The van der Waals surface area contributed by atoms with E-state index in [0.29, 0.717) is 12.8 Å². The van der Waals surface area contributed by atoms with Crippen LogP contribution < -0.4 is 5.32 Å². The molecule has 0 radical (unpaired) electrons. The number of carbonyl (C=O) groups excluding carboxylic acids is 1. The fraction of sp³-hybridized carbons (Fsp3) is 0.785. The minimum atomic E-state index is -1.80. The first kappa shape index (κ1) is 86.0. The smallest absolute Gasteiger partial charge is 0.220 e. The molecule has 14 heteroatoms. The van der Waals surface area contributed by atoms with E-state index >= 15 is 0 Å². The van der Waals surface area contributed by atoms with Crippen molar-refractivity contribution in [3.63, 3.8) is 0 Å². The van der Waals surface area contributed by atoms with Gasteiger partial charge in [-0.25, -0.2) is 0 Å². The normalized spacial score (nSPS) is 23.1. The zero-order valence-corrected chi connectivity index (χ0v) is 58.7. The van der Waals surface area contributed by atoms with Gasteiger partial charge in [0.1, 0.15) is 48.8 Å². The van der Waals surface area contributed by atoms with Crippen LogP contribution in [0.4, 0.5) is 0 Å². The van der Waals surface area contributed by atoms with Crippen LogP contribution >= 0.6 is 0 Å². The van der Waals surface area contributed by atoms with E-state index in [0.717, 1.165) is 77.0 Å². The standard InChI is InChI=1S/C79H139NO13/c1-3-5-7-9-11-13-15-17-19-21-23-25-27-29-31-33-34-35-37-39-41-43-45-47-49-51-53-55-57-59-61-63-71(84)80-67(66-90-78-76(89)74(87)77(70(65-82)92-78)93-79-75(88)73(86)72(85)69(64-81)91-79)68(83)62-60-58-56-54-52-50-48-46-44-42-40-38-36-32-30-28-26-24-22-20-18-16-14-12-10-8-6-4-2/h5,7,11,13,17,19,23,25,29,31,34-35,52,54,60,62,67-70,72-79,81-83,85-89H,3-4,6,8-10,12,14-16,18,20-22,24,26-28,30,32-33,36-51,53,55-59,61,63-66H2,1-2H3,(H,80,84)/b7-5-,13-11-,19-17-,25-23-,31-29-,35-34-,54-52+,62-60+. The van der Waals surface area contributed by atoms with Gasteiger partial charge in [0.05, 0.1) is 32.0 Å². The minimum Gasteiger partial charge on any atom is -0.394 e. The number of hydrogen-bond acceptors (Lipinski definition) is 13. The molecule has 0 aromatic rings. The molecule has 12 atom stereocenters. The minimum absolute atomic E-state index is 0.252. The Morgan fingerprint density at radius 2 is 0.753 bits per heavy atom. The van der Waals surface area contributed by atoms with Crippen molar-refractivity contribution < 1.29 is 64.6 Å². The number of nitrogens with one attached hydrogen (secondary N) is 1. The van der Waals surface area contributed by atoms with Crippen LogP contribution in [-0.4, -0.2) is 140 Å². The predicted molar refractivity (Wildman–Crippen MR) is 383 cm³/mol. The van der Waals surface area contributed by atoms with Gasteiger partial charge in [0.2, 0.25) is 5.91 Å². The largest absolute Gasteiger partial charge is 0.394 e. The van der Waals surface area contributed by atoms with Gasteiger partial charge in [-0.2, -0.15) is 0 Å². The Balaban J connectivity index is 1.67. The fourth-order valence-electron chi connectivity index (χ4n) is 12.0. The van der Waals surface area contributed by atoms with Gasteiger partial charge in [0.25, 0.3) is 0 Å². The first-order valence-corrected chi connectivity index (χ1v) is 38.0. The molecule has 93 heavy (non-hydrogen) atoms. The fourth-order valence-corrected chi connectivity index (χ4v) is 12.0. The Morgan fingerprint density at radius 1 is 0.398 bits per heavy atom. The van der Waals surface area contributed by atoms with Crippen LogP contribution in [-0.2, 0) is 23.7 Å². The summed E-state index contributed by atoms with van der Waals surface area (Å²) in [4.78, 5) is 13.4. The van der Waals surface area contributed by atoms with Crippen LogP contribution in [0.25, 0.3) is 0 Å². The average molecular weight is 1310 g/mol. The van der Waals surface area contributed by atoms with Crippen molar-refractivity contribution in [1.29, 1.82) is 0 Å². The van der Waals surface area contributed by atoms with Gasteiger partial charge in [-0.15, -0.1) is 0 Å². The van der Waals surface area contributed by atoms with Crippen molar-refractivity contribution in [2.24, 2.45) is 0 Å². The van der Waals surface area contributed by atoms with E-state index in [2.05, 4.69) is 104 Å². The van der Waals surface area contributed by atoms with Gasteiger partial charge in [0.15, 0.2) is 12.6 Å². The first-order valence-electron chi connectivity index (χ1n) is 38.0. The Bertz CT molecular complexity index is 1930. The molecule has 0 spiro atoms. The van der Waals surface area contributed by atoms with Gasteiger partial charge in [-0.1, -0.05) is 310 Å². The average Bonchev–Trinajstić information content (AvgIpc) is 0.851. The van der Waals surface area contributed by atoms with Gasteiger partial charge >= 0.3 is 0 Å². The molecular weight excluding hydrogens is 1170 g/mol. The maximum absolute atomic E-state index is 13.4. The lowest BCUT2D eigenvalue weighted by molar-refractivity contribution is -0.359. The van der Waals surface area contributed by atoms with E-state index in [9.17, 15) is 45.6 Å². The van der Waals surface area contributed by atoms with Crippen LogP contribution in [0.15, 0.2) is 97.2 Å². The molecule has 0 aliphatic carbocycles. The third-order valence-corrected chi connectivity index (χ3v) is 18.0. The Morgan fingerprint density at radius 3 is 1.18 bits per heavy atom. The number of hydrogen-bond donors (Lipinski definition) is 9. The van der Waals surface area contributed by atoms with Crippen LogP contribution in [0.5, 0.6) is 0 Å². The highest BCUT2D eigenvalue weighted by Gasteiger charge is 2.51. The van der Waals surface area contributed by atoms with Crippen LogP contribution in [0.2, 0.25) is 0 Å². The summed E-state index contributed by atoms with van der Waals surface area (Å²) in [5.41, 5.74) is 0. The molecule has 1 amide bonds. The predicted octanol–water partition coefficient (Wildman–Crippen LogP) is 16.5. The number of unbranched alkanes of at least 4 members (excludes halogenated alkanes) is 35. The molecule has 9 N–H and O–H groups in total. The number of aliphatic hydroxyl groups excluding tert-OH is 8. The lowest BCUT2D eigenvalue weighted by atomic mass is 9.97.